The van der Waals surface area contributed by atoms with Crippen LogP contribution in [0, 0.1) is 23.6 Å². The first-order valence-corrected chi connectivity index (χ1v) is 7.95. The minimum Gasteiger partial charge on any atom is -0.369 e. The van der Waals surface area contributed by atoms with E-state index in [1.54, 1.807) is 12.1 Å². The molecular formula is C18H19FN2O. The van der Waals surface area contributed by atoms with Crippen LogP contribution in [0.1, 0.15) is 37.2 Å². The van der Waals surface area contributed by atoms with Crippen molar-refractivity contribution in [2.75, 3.05) is 0 Å². The van der Waals surface area contributed by atoms with Gasteiger partial charge in [-0.05, 0) is 73.3 Å². The average molecular weight is 298 g/mol. The maximum absolute atomic E-state index is 13.6. The monoisotopic (exact) mass is 298 g/mol. The van der Waals surface area contributed by atoms with E-state index in [1.807, 2.05) is 12.3 Å². The van der Waals surface area contributed by atoms with E-state index in [0.29, 0.717) is 17.8 Å². The van der Waals surface area contributed by atoms with Crippen molar-refractivity contribution < 1.29 is 9.18 Å². The molecule has 22 heavy (non-hydrogen) atoms. The van der Waals surface area contributed by atoms with Gasteiger partial charge in [-0.15, -0.1) is 0 Å². The van der Waals surface area contributed by atoms with Crippen molar-refractivity contribution in [1.29, 1.82) is 0 Å². The summed E-state index contributed by atoms with van der Waals surface area (Å²) in [5.41, 5.74) is 7.50. The lowest BCUT2D eigenvalue weighted by Crippen LogP contribution is -2.21. The molecule has 2 fully saturated rings. The second-order valence-corrected chi connectivity index (χ2v) is 6.82. The van der Waals surface area contributed by atoms with Crippen LogP contribution < -0.4 is 5.73 Å². The molecule has 1 amide bonds. The van der Waals surface area contributed by atoms with Gasteiger partial charge in [0.2, 0.25) is 5.91 Å². The van der Waals surface area contributed by atoms with E-state index in [1.165, 1.54) is 11.6 Å². The fourth-order valence-electron chi connectivity index (χ4n) is 4.60. The quantitative estimate of drug-likeness (QED) is 0.924. The number of fused-ring (bicyclic) bond motifs is 2. The van der Waals surface area contributed by atoms with Crippen LogP contribution in [0.2, 0.25) is 0 Å². The molecule has 1 heterocycles. The normalized spacial score (nSPS) is 30.6. The molecule has 2 aliphatic carbocycles. The Labute approximate surface area is 128 Å². The first-order valence-electron chi connectivity index (χ1n) is 7.95. The van der Waals surface area contributed by atoms with Gasteiger partial charge in [0.25, 0.3) is 0 Å². The van der Waals surface area contributed by atoms with Gasteiger partial charge in [0.15, 0.2) is 0 Å². The lowest BCUT2D eigenvalue weighted by molar-refractivity contribution is -0.121. The van der Waals surface area contributed by atoms with Crippen molar-refractivity contribution >= 4 is 16.8 Å². The van der Waals surface area contributed by atoms with Gasteiger partial charge in [-0.1, -0.05) is 0 Å². The second-order valence-electron chi connectivity index (χ2n) is 6.82. The van der Waals surface area contributed by atoms with Gasteiger partial charge in [-0.3, -0.25) is 9.78 Å². The molecule has 1 aromatic heterocycles. The number of nitrogens with two attached hydrogens (primary N) is 1. The molecule has 4 heteroatoms. The van der Waals surface area contributed by atoms with Crippen molar-refractivity contribution in [1.82, 2.24) is 4.98 Å². The van der Waals surface area contributed by atoms with Crippen LogP contribution in [0.5, 0.6) is 0 Å². The summed E-state index contributed by atoms with van der Waals surface area (Å²) < 4.78 is 13.6. The highest BCUT2D eigenvalue weighted by atomic mass is 19.1. The minimum absolute atomic E-state index is 0.0579. The maximum Gasteiger partial charge on any atom is 0.220 e. The Morgan fingerprint density at radius 3 is 2.55 bits per heavy atom. The Morgan fingerprint density at radius 1 is 1.14 bits per heavy atom. The molecule has 0 saturated heterocycles. The largest absolute Gasteiger partial charge is 0.369 e. The Bertz CT molecular complexity index is 731. The highest BCUT2D eigenvalue weighted by molar-refractivity contribution is 5.82. The van der Waals surface area contributed by atoms with Crippen LogP contribution in [-0.4, -0.2) is 10.9 Å². The summed E-state index contributed by atoms with van der Waals surface area (Å²) in [6.45, 7) is 0. The average Bonchev–Trinajstić information content (AvgIpc) is 3.05. The summed E-state index contributed by atoms with van der Waals surface area (Å²) in [5, 5.41) is 0.930. The molecule has 114 valence electrons. The number of pyridine rings is 1. The van der Waals surface area contributed by atoms with Gasteiger partial charge < -0.3 is 5.73 Å². The number of rotatable bonds is 2. The number of halogens is 1. The summed E-state index contributed by atoms with van der Waals surface area (Å²) in [5.74, 6) is 1.30. The summed E-state index contributed by atoms with van der Waals surface area (Å²) in [6, 6.07) is 6.82. The molecule has 2 aliphatic rings. The van der Waals surface area contributed by atoms with Crippen molar-refractivity contribution in [3.05, 3.63) is 41.8 Å². The SMILES string of the molecule is NC(=O)C1CC2CC(c3ccnc4ccc(F)cc34)C[C@H]2C1. The van der Waals surface area contributed by atoms with Crippen molar-refractivity contribution in [2.24, 2.45) is 23.5 Å². The van der Waals surface area contributed by atoms with E-state index >= 15 is 0 Å². The molecule has 3 unspecified atom stereocenters. The standard InChI is InChI=1S/C18H19FN2O/c19-14-1-2-17-16(9-14)15(3-4-21-17)12-5-10-7-13(18(20)22)8-11(10)6-12/h1-4,9-13H,5-8H2,(H2,20,22)/t10-,11?,12?,13?/m0/s1. The van der Waals surface area contributed by atoms with E-state index in [9.17, 15) is 9.18 Å². The first-order chi connectivity index (χ1) is 10.6. The summed E-state index contributed by atoms with van der Waals surface area (Å²) in [7, 11) is 0. The Balaban J connectivity index is 1.63. The van der Waals surface area contributed by atoms with Crippen molar-refractivity contribution in [3.63, 3.8) is 0 Å². The zero-order chi connectivity index (χ0) is 15.3. The Kier molecular flexibility index (Phi) is 3.13. The van der Waals surface area contributed by atoms with Crippen LogP contribution in [0.4, 0.5) is 4.39 Å². The number of carbonyl (C=O) groups is 1. The minimum atomic E-state index is -0.214. The highest BCUT2D eigenvalue weighted by Crippen LogP contribution is 2.53. The van der Waals surface area contributed by atoms with Crippen LogP contribution in [0.25, 0.3) is 10.9 Å². The molecule has 0 bridgehead atoms. The Hall–Kier alpha value is -1.97. The zero-order valence-corrected chi connectivity index (χ0v) is 12.3. The third kappa shape index (κ3) is 2.18. The predicted molar refractivity (Wildman–Crippen MR) is 82.6 cm³/mol. The molecule has 0 aliphatic heterocycles. The summed E-state index contributed by atoms with van der Waals surface area (Å²) in [6.07, 6.45) is 5.81. The molecule has 2 saturated carbocycles. The van der Waals surface area contributed by atoms with E-state index in [0.717, 1.165) is 36.6 Å². The topological polar surface area (TPSA) is 56.0 Å². The van der Waals surface area contributed by atoms with Crippen LogP contribution in [-0.2, 0) is 4.79 Å². The smallest absolute Gasteiger partial charge is 0.220 e. The predicted octanol–water partition coefficient (Wildman–Crippen LogP) is 3.38. The van der Waals surface area contributed by atoms with Gasteiger partial charge >= 0.3 is 0 Å². The first kappa shape index (κ1) is 13.7. The second kappa shape index (κ2) is 5.04. The maximum atomic E-state index is 13.6. The number of nitrogens with zero attached hydrogens (tertiary/aromatic N) is 1. The number of hydrogen-bond acceptors (Lipinski definition) is 2. The molecule has 1 aromatic carbocycles. The summed E-state index contributed by atoms with van der Waals surface area (Å²) >= 11 is 0. The number of aromatic nitrogens is 1. The van der Waals surface area contributed by atoms with Crippen molar-refractivity contribution in [3.8, 4) is 0 Å². The molecule has 0 spiro atoms. The number of amides is 1. The molecule has 2 aromatic rings. The third-order valence-electron chi connectivity index (χ3n) is 5.60. The van der Waals surface area contributed by atoms with E-state index in [-0.39, 0.29) is 17.6 Å². The van der Waals surface area contributed by atoms with Crippen molar-refractivity contribution in [2.45, 2.75) is 31.6 Å². The van der Waals surface area contributed by atoms with E-state index in [4.69, 9.17) is 5.73 Å². The van der Waals surface area contributed by atoms with Crippen LogP contribution >= 0.6 is 0 Å². The lowest BCUT2D eigenvalue weighted by Gasteiger charge is -2.15. The number of primary amides is 1. The summed E-state index contributed by atoms with van der Waals surface area (Å²) in [4.78, 5) is 15.7. The molecule has 2 N–H and O–H groups in total. The fourth-order valence-corrected chi connectivity index (χ4v) is 4.60. The van der Waals surface area contributed by atoms with Gasteiger partial charge in [0.1, 0.15) is 5.82 Å². The molecule has 0 radical (unpaired) electrons. The fraction of sp³-hybridized carbons (Fsp3) is 0.444. The van der Waals surface area contributed by atoms with Gasteiger partial charge in [0, 0.05) is 17.5 Å². The van der Waals surface area contributed by atoms with Gasteiger partial charge in [-0.25, -0.2) is 4.39 Å². The van der Waals surface area contributed by atoms with Gasteiger partial charge in [0.05, 0.1) is 5.52 Å². The molecular weight excluding hydrogens is 279 g/mol. The van der Waals surface area contributed by atoms with Crippen LogP contribution in [0.15, 0.2) is 30.5 Å². The molecule has 4 atom stereocenters. The molecule has 3 nitrogen and oxygen atoms in total. The van der Waals surface area contributed by atoms with Gasteiger partial charge in [-0.2, -0.15) is 0 Å². The van der Waals surface area contributed by atoms with E-state index < -0.39 is 0 Å². The zero-order valence-electron chi connectivity index (χ0n) is 12.3. The highest BCUT2D eigenvalue weighted by Gasteiger charge is 2.43. The lowest BCUT2D eigenvalue weighted by atomic mass is 9.90. The Morgan fingerprint density at radius 2 is 1.86 bits per heavy atom. The molecule has 4 rings (SSSR count). The number of benzene rings is 1. The third-order valence-corrected chi connectivity index (χ3v) is 5.60. The van der Waals surface area contributed by atoms with E-state index in [2.05, 4.69) is 4.98 Å². The number of hydrogen-bond donors (Lipinski definition) is 1. The number of carbonyl (C=O) groups excluding carboxylic acids is 1. The van der Waals surface area contributed by atoms with Crippen LogP contribution in [0.3, 0.4) is 0 Å².